The fourth-order valence-corrected chi connectivity index (χ4v) is 1.55. The van der Waals surface area contributed by atoms with Gasteiger partial charge in [0.2, 0.25) is 0 Å². The topological polar surface area (TPSA) is 67.6 Å². The van der Waals surface area contributed by atoms with E-state index in [1.165, 1.54) is 0 Å². The smallest absolute Gasteiger partial charge is 0.164 e. The summed E-state index contributed by atoms with van der Waals surface area (Å²) in [5.74, 6) is 0.261. The van der Waals surface area contributed by atoms with Crippen molar-refractivity contribution in [2.24, 2.45) is 0 Å². The van der Waals surface area contributed by atoms with Gasteiger partial charge in [0.1, 0.15) is 6.07 Å². The van der Waals surface area contributed by atoms with E-state index < -0.39 is 0 Å². The highest BCUT2D eigenvalue weighted by Crippen LogP contribution is 2.13. The Kier molecular flexibility index (Phi) is 2.80. The predicted molar refractivity (Wildman–Crippen MR) is 61.9 cm³/mol. The van der Waals surface area contributed by atoms with Crippen molar-refractivity contribution in [3.63, 3.8) is 0 Å². The molecule has 1 aromatic carbocycles. The Morgan fingerprint density at radius 1 is 1.38 bits per heavy atom. The second-order valence-electron chi connectivity index (χ2n) is 3.34. The van der Waals surface area contributed by atoms with Gasteiger partial charge >= 0.3 is 0 Å². The Morgan fingerprint density at radius 3 is 2.69 bits per heavy atom. The Balaban J connectivity index is 2.27. The monoisotopic (exact) mass is 232 g/mol. The number of hydrogen-bond acceptors (Lipinski definition) is 3. The van der Waals surface area contributed by atoms with E-state index in [1.54, 1.807) is 10.9 Å². The summed E-state index contributed by atoms with van der Waals surface area (Å²) in [7, 11) is 0. The molecule has 16 heavy (non-hydrogen) atoms. The summed E-state index contributed by atoms with van der Waals surface area (Å²) >= 11 is 5.79. The number of nitrogen functional groups attached to an aromatic ring is 1. The molecule has 2 N–H and O–H groups in total. The van der Waals surface area contributed by atoms with Crippen LogP contribution >= 0.6 is 11.6 Å². The lowest BCUT2D eigenvalue weighted by molar-refractivity contribution is 0.786. The first-order valence-corrected chi connectivity index (χ1v) is 5.03. The van der Waals surface area contributed by atoms with E-state index in [0.717, 1.165) is 5.56 Å². The number of aromatic nitrogens is 2. The summed E-state index contributed by atoms with van der Waals surface area (Å²) in [5.41, 5.74) is 6.98. The molecule has 1 aromatic heterocycles. The van der Waals surface area contributed by atoms with Crippen molar-refractivity contribution >= 4 is 17.4 Å². The Hall–Kier alpha value is -1.99. The summed E-state index contributed by atoms with van der Waals surface area (Å²) < 4.78 is 1.71. The minimum Gasteiger partial charge on any atom is -0.381 e. The van der Waals surface area contributed by atoms with Crippen molar-refractivity contribution in [3.8, 4) is 6.07 Å². The van der Waals surface area contributed by atoms with Gasteiger partial charge in [0.25, 0.3) is 0 Å². The maximum atomic E-state index is 8.90. The molecule has 2 aromatic rings. The lowest BCUT2D eigenvalue weighted by Crippen LogP contribution is -2.01. The molecule has 1 heterocycles. The maximum absolute atomic E-state index is 8.90. The molecule has 0 radical (unpaired) electrons. The Labute approximate surface area is 97.9 Å². The number of imidazole rings is 1. The van der Waals surface area contributed by atoms with E-state index in [2.05, 4.69) is 4.98 Å². The van der Waals surface area contributed by atoms with E-state index in [-0.39, 0.29) is 5.82 Å². The van der Waals surface area contributed by atoms with Crippen LogP contribution in [-0.2, 0) is 6.54 Å². The van der Waals surface area contributed by atoms with Gasteiger partial charge in [-0.3, -0.25) is 0 Å². The van der Waals surface area contributed by atoms with Crippen LogP contribution < -0.4 is 5.73 Å². The van der Waals surface area contributed by atoms with Gasteiger partial charge < -0.3 is 10.3 Å². The summed E-state index contributed by atoms with van der Waals surface area (Å²) in [6.07, 6.45) is 1.56. The van der Waals surface area contributed by atoms with E-state index in [9.17, 15) is 0 Å². The Morgan fingerprint density at radius 2 is 2.06 bits per heavy atom. The molecule has 0 aliphatic carbocycles. The summed E-state index contributed by atoms with van der Waals surface area (Å²) in [5, 5.41) is 9.59. The predicted octanol–water partition coefficient (Wildman–Crippen LogP) is 2.04. The first kappa shape index (κ1) is 10.5. The van der Waals surface area contributed by atoms with Crippen molar-refractivity contribution in [1.82, 2.24) is 9.55 Å². The zero-order chi connectivity index (χ0) is 11.5. The van der Waals surface area contributed by atoms with Crippen LogP contribution in [0.25, 0.3) is 0 Å². The molecule has 0 spiro atoms. The third-order valence-electron chi connectivity index (χ3n) is 2.24. The third kappa shape index (κ3) is 2.00. The largest absolute Gasteiger partial charge is 0.381 e. The van der Waals surface area contributed by atoms with Gasteiger partial charge in [-0.15, -0.1) is 0 Å². The number of nitriles is 1. The van der Waals surface area contributed by atoms with Crippen LogP contribution in [0.5, 0.6) is 0 Å². The molecule has 0 aliphatic heterocycles. The zero-order valence-corrected chi connectivity index (χ0v) is 9.15. The van der Waals surface area contributed by atoms with Crippen LogP contribution in [0.4, 0.5) is 5.82 Å². The molecule has 80 valence electrons. The molecule has 0 aliphatic rings. The number of anilines is 1. The highest BCUT2D eigenvalue weighted by atomic mass is 35.5. The van der Waals surface area contributed by atoms with Gasteiger partial charge in [-0.05, 0) is 17.7 Å². The molecule has 5 heteroatoms. The molecule has 0 atom stereocenters. The van der Waals surface area contributed by atoms with E-state index >= 15 is 0 Å². The van der Waals surface area contributed by atoms with Crippen molar-refractivity contribution in [3.05, 3.63) is 46.9 Å². The fraction of sp³-hybridized carbons (Fsp3) is 0.0909. The average molecular weight is 233 g/mol. The number of benzene rings is 1. The minimum absolute atomic E-state index is 0.261. The van der Waals surface area contributed by atoms with Crippen LogP contribution in [-0.4, -0.2) is 9.55 Å². The number of hydrogen-bond donors (Lipinski definition) is 1. The summed E-state index contributed by atoms with van der Waals surface area (Å²) in [6, 6.07) is 9.45. The SMILES string of the molecule is N#Cc1c(N)ncn1Cc1ccc(Cl)cc1. The van der Waals surface area contributed by atoms with Crippen LogP contribution in [0.3, 0.4) is 0 Å². The second kappa shape index (κ2) is 4.25. The highest BCUT2D eigenvalue weighted by molar-refractivity contribution is 6.30. The van der Waals surface area contributed by atoms with Crippen molar-refractivity contribution in [1.29, 1.82) is 5.26 Å². The fourth-order valence-electron chi connectivity index (χ4n) is 1.43. The van der Waals surface area contributed by atoms with Crippen LogP contribution in [0.2, 0.25) is 5.02 Å². The van der Waals surface area contributed by atoms with Crippen molar-refractivity contribution < 1.29 is 0 Å². The molecule has 0 amide bonds. The molecule has 0 saturated carbocycles. The lowest BCUT2D eigenvalue weighted by Gasteiger charge is -2.03. The van der Waals surface area contributed by atoms with Gasteiger partial charge in [-0.25, -0.2) is 4.98 Å². The number of halogens is 1. The average Bonchev–Trinajstić information content (AvgIpc) is 2.63. The lowest BCUT2D eigenvalue weighted by atomic mass is 10.2. The molecule has 0 unspecified atom stereocenters. The molecule has 0 bridgehead atoms. The number of rotatable bonds is 2. The third-order valence-corrected chi connectivity index (χ3v) is 2.49. The zero-order valence-electron chi connectivity index (χ0n) is 8.39. The number of nitrogens with two attached hydrogens (primary N) is 1. The van der Waals surface area contributed by atoms with Gasteiger partial charge in [-0.1, -0.05) is 23.7 Å². The summed E-state index contributed by atoms with van der Waals surface area (Å²) in [6.45, 7) is 0.560. The van der Waals surface area contributed by atoms with Crippen LogP contribution in [0, 0.1) is 11.3 Å². The first-order valence-electron chi connectivity index (χ1n) is 4.66. The Bertz CT molecular complexity index is 536. The van der Waals surface area contributed by atoms with Gasteiger partial charge in [-0.2, -0.15) is 5.26 Å². The molecule has 0 fully saturated rings. The van der Waals surface area contributed by atoms with Gasteiger partial charge in [0.15, 0.2) is 11.5 Å². The number of nitrogens with zero attached hydrogens (tertiary/aromatic N) is 3. The highest BCUT2D eigenvalue weighted by Gasteiger charge is 2.07. The molecular weight excluding hydrogens is 224 g/mol. The standard InChI is InChI=1S/C11H9ClN4/c12-9-3-1-8(2-4-9)6-16-7-15-11(14)10(16)5-13/h1-4,7H,6,14H2. The first-order chi connectivity index (χ1) is 7.70. The van der Waals surface area contributed by atoms with Gasteiger partial charge in [0, 0.05) is 11.6 Å². The summed E-state index contributed by atoms with van der Waals surface area (Å²) in [4.78, 5) is 3.89. The quantitative estimate of drug-likeness (QED) is 0.862. The molecule has 0 saturated heterocycles. The van der Waals surface area contributed by atoms with Crippen molar-refractivity contribution in [2.45, 2.75) is 6.54 Å². The van der Waals surface area contributed by atoms with E-state index in [4.69, 9.17) is 22.6 Å². The molecule has 2 rings (SSSR count). The molecule has 4 nitrogen and oxygen atoms in total. The van der Waals surface area contributed by atoms with Crippen LogP contribution in [0.1, 0.15) is 11.3 Å². The normalized spacial score (nSPS) is 10.0. The van der Waals surface area contributed by atoms with E-state index in [1.807, 2.05) is 30.3 Å². The minimum atomic E-state index is 0.261. The van der Waals surface area contributed by atoms with Crippen LogP contribution in [0.15, 0.2) is 30.6 Å². The molecular formula is C11H9ClN4. The van der Waals surface area contributed by atoms with Gasteiger partial charge in [0.05, 0.1) is 6.33 Å². The van der Waals surface area contributed by atoms with E-state index in [0.29, 0.717) is 17.3 Å². The maximum Gasteiger partial charge on any atom is 0.164 e. The second-order valence-corrected chi connectivity index (χ2v) is 3.78. The van der Waals surface area contributed by atoms with Crippen molar-refractivity contribution in [2.75, 3.05) is 5.73 Å².